The Balaban J connectivity index is 3.11. The summed E-state index contributed by atoms with van der Waals surface area (Å²) in [6.45, 7) is 7.27. The summed E-state index contributed by atoms with van der Waals surface area (Å²) in [5.41, 5.74) is 6.02. The molecule has 1 aromatic carbocycles. The molecule has 0 saturated heterocycles. The third-order valence-electron chi connectivity index (χ3n) is 2.82. The molecule has 3 heteroatoms. The fraction of sp³-hybridized carbons (Fsp3) is 0.500. The Morgan fingerprint density at radius 2 is 1.93 bits per heavy atom. The monoisotopic (exact) mass is 271 g/mol. The molecule has 0 fully saturated rings. The third-order valence-corrected chi connectivity index (χ3v) is 3.22. The normalized spacial score (nSPS) is 10.5. The Hall–Kier alpha value is -0.540. The van der Waals surface area contributed by atoms with Gasteiger partial charge in [-0.25, -0.2) is 0 Å². The quantitative estimate of drug-likeness (QED) is 0.672. The van der Waals surface area contributed by atoms with Crippen molar-refractivity contribution in [3.63, 3.8) is 0 Å². The van der Waals surface area contributed by atoms with Gasteiger partial charge in [-0.2, -0.15) is 0 Å². The summed E-state index contributed by atoms with van der Waals surface area (Å²) < 4.78 is 5.34. The van der Waals surface area contributed by atoms with Crippen LogP contribution in [0, 0.1) is 20.8 Å². The molecule has 15 heavy (non-hydrogen) atoms. The largest absolute Gasteiger partial charge is 0.496 e. The molecule has 0 aliphatic rings. The molecule has 0 aliphatic carbocycles. The lowest BCUT2D eigenvalue weighted by Gasteiger charge is -2.15. The van der Waals surface area contributed by atoms with Crippen molar-refractivity contribution in [2.24, 2.45) is 0 Å². The van der Waals surface area contributed by atoms with E-state index in [1.54, 1.807) is 7.11 Å². The number of nitrogens with one attached hydrogen (secondary N) is 1. The molecular weight excluding hydrogens is 254 g/mol. The van der Waals surface area contributed by atoms with E-state index in [4.69, 9.17) is 4.74 Å². The van der Waals surface area contributed by atoms with Gasteiger partial charge in [0.15, 0.2) is 0 Å². The van der Waals surface area contributed by atoms with Gasteiger partial charge in [0.1, 0.15) is 5.75 Å². The van der Waals surface area contributed by atoms with Gasteiger partial charge in [-0.3, -0.25) is 0 Å². The molecule has 0 bridgehead atoms. The predicted octanol–water partition coefficient (Wildman–Crippen LogP) is 3.06. The van der Waals surface area contributed by atoms with Crippen molar-refractivity contribution in [3.8, 4) is 5.75 Å². The van der Waals surface area contributed by atoms with Crippen LogP contribution in [-0.2, 0) is 6.54 Å². The van der Waals surface area contributed by atoms with Crippen LogP contribution in [0.3, 0.4) is 0 Å². The van der Waals surface area contributed by atoms with Gasteiger partial charge in [0.05, 0.1) is 12.6 Å². The number of hydrogen-bond acceptors (Lipinski definition) is 2. The van der Waals surface area contributed by atoms with Gasteiger partial charge in [0.25, 0.3) is 0 Å². The molecule has 1 N–H and O–H groups in total. The molecule has 0 heterocycles. The van der Waals surface area contributed by atoms with Gasteiger partial charge in [-0.1, -0.05) is 15.9 Å². The number of rotatable bonds is 4. The lowest BCUT2D eigenvalue weighted by Crippen LogP contribution is -2.13. The molecule has 84 valence electrons. The molecule has 0 radical (unpaired) electrons. The SMILES string of the molecule is COc1cc(C)c(CNCBr)c(C)c1C. The van der Waals surface area contributed by atoms with Crippen molar-refractivity contribution in [1.82, 2.24) is 5.32 Å². The number of aryl methyl sites for hydroxylation is 1. The van der Waals surface area contributed by atoms with Crippen LogP contribution in [0.25, 0.3) is 0 Å². The molecule has 0 spiro atoms. The van der Waals surface area contributed by atoms with Gasteiger partial charge in [-0.15, -0.1) is 0 Å². The molecule has 0 amide bonds. The van der Waals surface area contributed by atoms with Crippen LogP contribution in [0.15, 0.2) is 6.07 Å². The summed E-state index contributed by atoms with van der Waals surface area (Å²) in [6, 6.07) is 2.10. The highest BCUT2D eigenvalue weighted by Gasteiger charge is 2.09. The Morgan fingerprint density at radius 3 is 2.47 bits per heavy atom. The predicted molar refractivity (Wildman–Crippen MR) is 67.8 cm³/mol. The highest BCUT2D eigenvalue weighted by Crippen LogP contribution is 2.27. The molecule has 0 aromatic heterocycles. The van der Waals surface area contributed by atoms with Crippen molar-refractivity contribution in [3.05, 3.63) is 28.3 Å². The van der Waals surface area contributed by atoms with E-state index in [2.05, 4.69) is 48.1 Å². The Labute approximate surface area is 100 Å². The first-order valence-electron chi connectivity index (χ1n) is 5.02. The standard InChI is InChI=1S/C12H18BrNO/c1-8-5-12(15-4)10(3)9(2)11(8)6-14-7-13/h5,14H,6-7H2,1-4H3. The van der Waals surface area contributed by atoms with E-state index in [-0.39, 0.29) is 0 Å². The first-order chi connectivity index (χ1) is 7.11. The zero-order valence-electron chi connectivity index (χ0n) is 9.78. The second-order valence-corrected chi connectivity index (χ2v) is 4.25. The summed E-state index contributed by atoms with van der Waals surface area (Å²) >= 11 is 3.37. The van der Waals surface area contributed by atoms with Crippen LogP contribution < -0.4 is 10.1 Å². The highest BCUT2D eigenvalue weighted by atomic mass is 79.9. The zero-order valence-corrected chi connectivity index (χ0v) is 11.4. The molecular formula is C12H18BrNO. The molecule has 0 saturated carbocycles. The van der Waals surface area contributed by atoms with Crippen LogP contribution in [0.1, 0.15) is 22.3 Å². The number of methoxy groups -OCH3 is 1. The van der Waals surface area contributed by atoms with Crippen molar-refractivity contribution < 1.29 is 4.74 Å². The van der Waals surface area contributed by atoms with Crippen LogP contribution in [-0.4, -0.2) is 12.6 Å². The zero-order chi connectivity index (χ0) is 11.4. The van der Waals surface area contributed by atoms with E-state index in [0.717, 1.165) is 17.7 Å². The van der Waals surface area contributed by atoms with Crippen molar-refractivity contribution in [2.75, 3.05) is 12.6 Å². The smallest absolute Gasteiger partial charge is 0.122 e. The summed E-state index contributed by atoms with van der Waals surface area (Å²) in [5.74, 6) is 0.979. The second kappa shape index (κ2) is 5.52. The first-order valence-corrected chi connectivity index (χ1v) is 6.14. The molecule has 0 aliphatic heterocycles. The topological polar surface area (TPSA) is 21.3 Å². The summed E-state index contributed by atoms with van der Waals surface area (Å²) in [4.78, 5) is 0. The number of alkyl halides is 1. The third kappa shape index (κ3) is 2.73. The fourth-order valence-corrected chi connectivity index (χ4v) is 1.95. The van der Waals surface area contributed by atoms with E-state index in [1.807, 2.05) is 0 Å². The van der Waals surface area contributed by atoms with Gasteiger partial charge in [-0.05, 0) is 49.1 Å². The van der Waals surface area contributed by atoms with E-state index in [1.165, 1.54) is 22.3 Å². The number of hydrogen-bond donors (Lipinski definition) is 1. The van der Waals surface area contributed by atoms with Crippen LogP contribution in [0.4, 0.5) is 0 Å². The Bertz CT molecular complexity index is 350. The minimum absolute atomic E-state index is 0.816. The average Bonchev–Trinajstić information content (AvgIpc) is 2.23. The molecule has 1 aromatic rings. The maximum absolute atomic E-state index is 5.34. The lowest BCUT2D eigenvalue weighted by atomic mass is 9.97. The minimum Gasteiger partial charge on any atom is -0.496 e. The van der Waals surface area contributed by atoms with Crippen molar-refractivity contribution in [1.29, 1.82) is 0 Å². The summed E-state index contributed by atoms with van der Waals surface area (Å²) in [5, 5.41) is 3.29. The van der Waals surface area contributed by atoms with Crippen LogP contribution >= 0.6 is 15.9 Å². The number of benzene rings is 1. The summed E-state index contributed by atoms with van der Waals surface area (Å²) in [7, 11) is 1.72. The molecule has 2 nitrogen and oxygen atoms in total. The molecule has 0 atom stereocenters. The van der Waals surface area contributed by atoms with E-state index < -0.39 is 0 Å². The van der Waals surface area contributed by atoms with Gasteiger partial charge in [0.2, 0.25) is 0 Å². The maximum Gasteiger partial charge on any atom is 0.122 e. The van der Waals surface area contributed by atoms with E-state index in [0.29, 0.717) is 0 Å². The van der Waals surface area contributed by atoms with Crippen molar-refractivity contribution >= 4 is 15.9 Å². The maximum atomic E-state index is 5.34. The average molecular weight is 272 g/mol. The first kappa shape index (κ1) is 12.5. The highest BCUT2D eigenvalue weighted by molar-refractivity contribution is 9.09. The second-order valence-electron chi connectivity index (χ2n) is 3.68. The van der Waals surface area contributed by atoms with Crippen LogP contribution in [0.5, 0.6) is 5.75 Å². The minimum atomic E-state index is 0.816. The number of ether oxygens (including phenoxy) is 1. The molecule has 1 rings (SSSR count). The fourth-order valence-electron chi connectivity index (χ4n) is 1.76. The summed E-state index contributed by atoms with van der Waals surface area (Å²) in [6.07, 6.45) is 0. The Morgan fingerprint density at radius 1 is 1.27 bits per heavy atom. The van der Waals surface area contributed by atoms with Gasteiger partial charge in [0, 0.05) is 6.54 Å². The molecule has 0 unspecified atom stereocenters. The van der Waals surface area contributed by atoms with E-state index >= 15 is 0 Å². The van der Waals surface area contributed by atoms with Gasteiger partial charge < -0.3 is 10.1 Å². The van der Waals surface area contributed by atoms with Crippen LogP contribution in [0.2, 0.25) is 0 Å². The lowest BCUT2D eigenvalue weighted by molar-refractivity contribution is 0.410. The van der Waals surface area contributed by atoms with Gasteiger partial charge >= 0.3 is 0 Å². The Kier molecular flexibility index (Phi) is 4.61. The number of halogens is 1. The van der Waals surface area contributed by atoms with Crippen molar-refractivity contribution in [2.45, 2.75) is 27.3 Å². The van der Waals surface area contributed by atoms with E-state index in [9.17, 15) is 0 Å².